The van der Waals surface area contributed by atoms with Gasteiger partial charge in [-0.2, -0.15) is 5.10 Å². The molecule has 0 saturated heterocycles. The Balaban J connectivity index is 1.71. The molecule has 0 fully saturated rings. The van der Waals surface area contributed by atoms with Crippen LogP contribution >= 0.6 is 0 Å². The Hall–Kier alpha value is -3.49. The van der Waals surface area contributed by atoms with E-state index in [1.54, 1.807) is 16.8 Å². The standard InChI is InChI=1S/C19H18F2N4O3/c1-11-8-12(2)25(24-11)16(17-4-3-7-28-17)10-22-18(26)19(27)23-15-9-13(20)5-6-14(15)21/h3-9,16H,10H2,1-2H3,(H,22,26)(H,23,27). The molecule has 3 rings (SSSR count). The molecule has 0 radical (unpaired) electrons. The molecule has 3 aromatic rings. The maximum atomic E-state index is 13.6. The van der Waals surface area contributed by atoms with Crippen LogP contribution < -0.4 is 10.6 Å². The third kappa shape index (κ3) is 4.25. The minimum Gasteiger partial charge on any atom is -0.467 e. The highest BCUT2D eigenvalue weighted by Crippen LogP contribution is 2.20. The number of amides is 2. The van der Waals surface area contributed by atoms with Gasteiger partial charge in [0.25, 0.3) is 0 Å². The van der Waals surface area contributed by atoms with Gasteiger partial charge < -0.3 is 15.1 Å². The Kier molecular flexibility index (Phi) is 5.53. The zero-order valence-electron chi connectivity index (χ0n) is 15.2. The molecule has 1 unspecified atom stereocenters. The van der Waals surface area contributed by atoms with Crippen LogP contribution in [0.2, 0.25) is 0 Å². The lowest BCUT2D eigenvalue weighted by molar-refractivity contribution is -0.136. The molecule has 9 heteroatoms. The Morgan fingerprint density at radius 3 is 2.61 bits per heavy atom. The first kappa shape index (κ1) is 19.3. The predicted molar refractivity (Wildman–Crippen MR) is 96.5 cm³/mol. The summed E-state index contributed by atoms with van der Waals surface area (Å²) in [5, 5.41) is 8.92. The number of carbonyl (C=O) groups is 2. The van der Waals surface area contributed by atoms with Gasteiger partial charge in [-0.1, -0.05) is 0 Å². The molecule has 2 aromatic heterocycles. The van der Waals surface area contributed by atoms with E-state index < -0.39 is 35.2 Å². The summed E-state index contributed by atoms with van der Waals surface area (Å²) in [7, 11) is 0. The molecule has 0 aliphatic rings. The van der Waals surface area contributed by atoms with Crippen LogP contribution in [0, 0.1) is 25.5 Å². The summed E-state index contributed by atoms with van der Waals surface area (Å²) >= 11 is 0. The van der Waals surface area contributed by atoms with E-state index in [4.69, 9.17) is 4.42 Å². The average Bonchev–Trinajstić information content (AvgIpc) is 3.28. The van der Waals surface area contributed by atoms with Crippen molar-refractivity contribution in [3.63, 3.8) is 0 Å². The fraction of sp³-hybridized carbons (Fsp3) is 0.211. The first-order chi connectivity index (χ1) is 13.3. The topological polar surface area (TPSA) is 89.2 Å². The normalized spacial score (nSPS) is 11.9. The van der Waals surface area contributed by atoms with E-state index in [0.717, 1.165) is 29.6 Å². The van der Waals surface area contributed by atoms with Crippen molar-refractivity contribution in [2.75, 3.05) is 11.9 Å². The first-order valence-corrected chi connectivity index (χ1v) is 8.45. The van der Waals surface area contributed by atoms with Crippen molar-refractivity contribution in [3.8, 4) is 0 Å². The van der Waals surface area contributed by atoms with Crippen molar-refractivity contribution >= 4 is 17.5 Å². The number of hydrogen-bond acceptors (Lipinski definition) is 4. The summed E-state index contributed by atoms with van der Waals surface area (Å²) in [5.74, 6) is -3.15. The van der Waals surface area contributed by atoms with E-state index in [1.807, 2.05) is 19.9 Å². The van der Waals surface area contributed by atoms with E-state index in [2.05, 4.69) is 15.7 Å². The minimum atomic E-state index is -1.11. The van der Waals surface area contributed by atoms with Crippen LogP contribution in [0.5, 0.6) is 0 Å². The summed E-state index contributed by atoms with van der Waals surface area (Å²) < 4.78 is 33.9. The molecule has 7 nitrogen and oxygen atoms in total. The molecule has 2 N–H and O–H groups in total. The highest BCUT2D eigenvalue weighted by atomic mass is 19.1. The van der Waals surface area contributed by atoms with Crippen LogP contribution in [0.1, 0.15) is 23.2 Å². The molecule has 2 amide bonds. The largest absolute Gasteiger partial charge is 0.467 e. The van der Waals surface area contributed by atoms with Gasteiger partial charge >= 0.3 is 11.8 Å². The van der Waals surface area contributed by atoms with Crippen LogP contribution in [-0.4, -0.2) is 28.1 Å². The molecule has 1 aromatic carbocycles. The lowest BCUT2D eigenvalue weighted by atomic mass is 10.2. The van der Waals surface area contributed by atoms with Crippen molar-refractivity contribution < 1.29 is 22.8 Å². The Bertz CT molecular complexity index is 999. The Labute approximate surface area is 159 Å². The molecular formula is C19H18F2N4O3. The Morgan fingerprint density at radius 1 is 1.18 bits per heavy atom. The number of hydrogen-bond donors (Lipinski definition) is 2. The lowest BCUT2D eigenvalue weighted by Crippen LogP contribution is -2.39. The van der Waals surface area contributed by atoms with Gasteiger partial charge in [0, 0.05) is 18.3 Å². The van der Waals surface area contributed by atoms with E-state index in [0.29, 0.717) is 5.76 Å². The number of furan rings is 1. The minimum absolute atomic E-state index is 0.00730. The van der Waals surface area contributed by atoms with Crippen LogP contribution in [-0.2, 0) is 9.59 Å². The van der Waals surface area contributed by atoms with Gasteiger partial charge in [-0.05, 0) is 44.2 Å². The zero-order valence-corrected chi connectivity index (χ0v) is 15.2. The third-order valence-corrected chi connectivity index (χ3v) is 4.05. The molecule has 0 bridgehead atoms. The number of aryl methyl sites for hydroxylation is 2. The highest BCUT2D eigenvalue weighted by Gasteiger charge is 2.23. The summed E-state index contributed by atoms with van der Waals surface area (Å²) in [4.78, 5) is 24.2. The number of rotatable bonds is 5. The second kappa shape index (κ2) is 8.03. The first-order valence-electron chi connectivity index (χ1n) is 8.45. The van der Waals surface area contributed by atoms with E-state index in [1.165, 1.54) is 6.26 Å². The van der Waals surface area contributed by atoms with Gasteiger partial charge in [-0.15, -0.1) is 0 Å². The predicted octanol–water partition coefficient (Wildman–Crippen LogP) is 2.72. The van der Waals surface area contributed by atoms with Crippen molar-refractivity contribution in [1.82, 2.24) is 15.1 Å². The van der Waals surface area contributed by atoms with Crippen LogP contribution in [0.15, 0.2) is 47.1 Å². The molecule has 2 heterocycles. The number of aromatic nitrogens is 2. The SMILES string of the molecule is Cc1cc(C)n(C(CNC(=O)C(=O)Nc2cc(F)ccc2F)c2ccco2)n1. The number of anilines is 1. The number of benzene rings is 1. The maximum Gasteiger partial charge on any atom is 0.313 e. The molecular weight excluding hydrogens is 370 g/mol. The molecule has 0 aliphatic heterocycles. The fourth-order valence-corrected chi connectivity index (χ4v) is 2.79. The van der Waals surface area contributed by atoms with Crippen molar-refractivity contribution in [2.24, 2.45) is 0 Å². The summed E-state index contributed by atoms with van der Waals surface area (Å²) in [6.07, 6.45) is 1.50. The van der Waals surface area contributed by atoms with E-state index in [9.17, 15) is 18.4 Å². The molecule has 0 saturated carbocycles. The molecule has 1 atom stereocenters. The molecule has 0 aliphatic carbocycles. The quantitative estimate of drug-likeness (QED) is 0.658. The molecule has 146 valence electrons. The summed E-state index contributed by atoms with van der Waals surface area (Å²) in [6, 6.07) is 7.39. The van der Waals surface area contributed by atoms with Crippen molar-refractivity contribution in [2.45, 2.75) is 19.9 Å². The lowest BCUT2D eigenvalue weighted by Gasteiger charge is -2.18. The van der Waals surface area contributed by atoms with Crippen molar-refractivity contribution in [1.29, 1.82) is 0 Å². The second-order valence-electron chi connectivity index (χ2n) is 6.19. The van der Waals surface area contributed by atoms with Gasteiger partial charge in [0.2, 0.25) is 0 Å². The average molecular weight is 388 g/mol. The van der Waals surface area contributed by atoms with Crippen molar-refractivity contribution in [3.05, 3.63) is 71.4 Å². The fourth-order valence-electron chi connectivity index (χ4n) is 2.79. The summed E-state index contributed by atoms with van der Waals surface area (Å²) in [5.41, 5.74) is 1.22. The van der Waals surface area contributed by atoms with E-state index >= 15 is 0 Å². The van der Waals surface area contributed by atoms with Crippen LogP contribution in [0.4, 0.5) is 14.5 Å². The van der Waals surface area contributed by atoms with Gasteiger partial charge in [0.15, 0.2) is 0 Å². The zero-order chi connectivity index (χ0) is 20.3. The summed E-state index contributed by atoms with van der Waals surface area (Å²) in [6.45, 7) is 3.70. The highest BCUT2D eigenvalue weighted by molar-refractivity contribution is 6.39. The monoisotopic (exact) mass is 388 g/mol. The van der Waals surface area contributed by atoms with Crippen LogP contribution in [0.25, 0.3) is 0 Å². The third-order valence-electron chi connectivity index (χ3n) is 4.05. The number of carbonyl (C=O) groups excluding carboxylic acids is 2. The van der Waals surface area contributed by atoms with Gasteiger partial charge in [0.1, 0.15) is 23.4 Å². The van der Waals surface area contributed by atoms with Gasteiger partial charge in [-0.25, -0.2) is 8.78 Å². The van der Waals surface area contributed by atoms with E-state index in [-0.39, 0.29) is 6.54 Å². The van der Waals surface area contributed by atoms with Gasteiger partial charge in [0.05, 0.1) is 17.6 Å². The van der Waals surface area contributed by atoms with Crippen LogP contribution in [0.3, 0.4) is 0 Å². The molecule has 0 spiro atoms. The maximum absolute atomic E-state index is 13.6. The number of nitrogens with one attached hydrogen (secondary N) is 2. The van der Waals surface area contributed by atoms with Gasteiger partial charge in [-0.3, -0.25) is 14.3 Å². The molecule has 28 heavy (non-hydrogen) atoms. The smallest absolute Gasteiger partial charge is 0.313 e. The Morgan fingerprint density at radius 2 is 1.96 bits per heavy atom. The number of nitrogens with zero attached hydrogens (tertiary/aromatic N) is 2. The second-order valence-corrected chi connectivity index (χ2v) is 6.19. The number of halogens is 2.